The lowest BCUT2D eigenvalue weighted by atomic mass is 10.1. The zero-order valence-electron chi connectivity index (χ0n) is 16.9. The molecule has 1 saturated heterocycles. The Balaban J connectivity index is 1.29. The van der Waals surface area contributed by atoms with E-state index in [1.165, 1.54) is 23.5 Å². The molecule has 1 aliphatic heterocycles. The first-order valence-electron chi connectivity index (χ1n) is 10.4. The monoisotopic (exact) mass is 471 g/mol. The molecule has 0 bridgehead atoms. The highest BCUT2D eigenvalue weighted by atomic mass is 35.5. The predicted octanol–water partition coefficient (Wildman–Crippen LogP) is 6.06. The molecule has 5 rings (SSSR count). The lowest BCUT2D eigenvalue weighted by molar-refractivity contribution is 0.0714. The van der Waals surface area contributed by atoms with E-state index in [-0.39, 0.29) is 11.9 Å². The second kappa shape index (κ2) is 9.27. The van der Waals surface area contributed by atoms with Crippen molar-refractivity contribution in [3.8, 4) is 11.5 Å². The van der Waals surface area contributed by atoms with Crippen LogP contribution < -0.4 is 0 Å². The molecule has 0 radical (unpaired) electrons. The van der Waals surface area contributed by atoms with Crippen LogP contribution in [0.4, 0.5) is 0 Å². The average molecular weight is 472 g/mol. The quantitative estimate of drug-likeness (QED) is 0.435. The van der Waals surface area contributed by atoms with Crippen LogP contribution in [0, 0.1) is 0 Å². The van der Waals surface area contributed by atoms with E-state index in [4.69, 9.17) is 16.0 Å². The molecule has 1 amide bonds. The van der Waals surface area contributed by atoms with Gasteiger partial charge in [-0.1, -0.05) is 23.7 Å². The number of amides is 1. The Hall–Kier alpha value is -1.96. The summed E-state index contributed by atoms with van der Waals surface area (Å²) in [5, 5.41) is 8.96. The summed E-state index contributed by atoms with van der Waals surface area (Å²) in [6, 6.07) is 15.6. The summed E-state index contributed by atoms with van der Waals surface area (Å²) in [6.45, 7) is 0.320. The van der Waals surface area contributed by atoms with Crippen molar-refractivity contribution in [1.29, 1.82) is 0 Å². The highest BCUT2D eigenvalue weighted by Gasteiger charge is 2.34. The van der Waals surface area contributed by atoms with Gasteiger partial charge in [0.25, 0.3) is 5.91 Å². The summed E-state index contributed by atoms with van der Waals surface area (Å²) >= 11 is 9.92. The summed E-state index contributed by atoms with van der Waals surface area (Å²) in [5.74, 6) is 3.30. The van der Waals surface area contributed by atoms with Crippen LogP contribution in [0.1, 0.15) is 45.7 Å². The molecule has 1 aromatic heterocycles. The number of nitrogens with zero attached hydrogens (tertiary/aromatic N) is 3. The van der Waals surface area contributed by atoms with E-state index in [1.54, 1.807) is 12.1 Å². The van der Waals surface area contributed by atoms with E-state index < -0.39 is 0 Å². The molecule has 31 heavy (non-hydrogen) atoms. The molecule has 5 nitrogen and oxygen atoms in total. The summed E-state index contributed by atoms with van der Waals surface area (Å²) in [6.07, 6.45) is 3.29. The standard InChI is InChI=1S/C23H22ClN3O2S2/c24-18-8-6-15(7-9-18)21-26-25-20(29-21)14-27(19-10-11-19)22(28)16-2-4-17(5-3-16)23-30-12-1-13-31-23/h2-9,19,23H,1,10-14H2. The fourth-order valence-electron chi connectivity index (χ4n) is 3.55. The summed E-state index contributed by atoms with van der Waals surface area (Å²) in [7, 11) is 0. The first-order chi connectivity index (χ1) is 15.2. The second-order valence-electron chi connectivity index (χ2n) is 7.72. The van der Waals surface area contributed by atoms with Gasteiger partial charge < -0.3 is 9.32 Å². The van der Waals surface area contributed by atoms with E-state index in [0.717, 1.165) is 18.4 Å². The fraction of sp³-hybridized carbons (Fsp3) is 0.348. The number of hydrogen-bond donors (Lipinski definition) is 0. The maximum atomic E-state index is 13.2. The minimum Gasteiger partial charge on any atom is -0.419 e. The minimum absolute atomic E-state index is 0.0178. The van der Waals surface area contributed by atoms with Crippen molar-refractivity contribution < 1.29 is 9.21 Å². The van der Waals surface area contributed by atoms with Crippen LogP contribution in [0.25, 0.3) is 11.5 Å². The molecule has 0 spiro atoms. The van der Waals surface area contributed by atoms with Crippen LogP contribution in [0.15, 0.2) is 52.9 Å². The molecule has 2 aliphatic rings. The van der Waals surface area contributed by atoms with Crippen molar-refractivity contribution >= 4 is 41.0 Å². The van der Waals surface area contributed by atoms with Crippen LogP contribution in [-0.4, -0.2) is 38.6 Å². The Morgan fingerprint density at radius 3 is 2.42 bits per heavy atom. The highest BCUT2D eigenvalue weighted by molar-refractivity contribution is 8.16. The average Bonchev–Trinajstić information content (AvgIpc) is 3.56. The third kappa shape index (κ3) is 4.94. The second-order valence-corrected chi connectivity index (χ2v) is 10.9. The molecule has 0 atom stereocenters. The Kier molecular flexibility index (Phi) is 6.25. The molecular formula is C23H22ClN3O2S2. The fourth-order valence-corrected chi connectivity index (χ4v) is 6.57. The molecular weight excluding hydrogens is 450 g/mol. The zero-order valence-corrected chi connectivity index (χ0v) is 19.3. The number of rotatable bonds is 6. The maximum Gasteiger partial charge on any atom is 0.254 e. The van der Waals surface area contributed by atoms with Gasteiger partial charge in [-0.3, -0.25) is 4.79 Å². The van der Waals surface area contributed by atoms with Gasteiger partial charge in [-0.05, 0) is 72.7 Å². The van der Waals surface area contributed by atoms with E-state index in [0.29, 0.717) is 33.5 Å². The van der Waals surface area contributed by atoms with Crippen LogP contribution in [0.2, 0.25) is 5.02 Å². The number of halogens is 1. The number of carbonyl (C=O) groups excluding carboxylic acids is 1. The Morgan fingerprint density at radius 1 is 1.03 bits per heavy atom. The summed E-state index contributed by atoms with van der Waals surface area (Å²) in [5.41, 5.74) is 2.80. The number of benzene rings is 2. The lowest BCUT2D eigenvalue weighted by Crippen LogP contribution is -2.32. The molecule has 1 saturated carbocycles. The molecule has 2 heterocycles. The van der Waals surface area contributed by atoms with Gasteiger partial charge in [-0.25, -0.2) is 0 Å². The largest absolute Gasteiger partial charge is 0.419 e. The summed E-state index contributed by atoms with van der Waals surface area (Å²) < 4.78 is 6.31. The van der Waals surface area contributed by atoms with Crippen molar-refractivity contribution in [2.24, 2.45) is 0 Å². The van der Waals surface area contributed by atoms with Gasteiger partial charge in [0.2, 0.25) is 11.8 Å². The lowest BCUT2D eigenvalue weighted by Gasteiger charge is -2.23. The molecule has 8 heteroatoms. The molecule has 2 fully saturated rings. The van der Waals surface area contributed by atoms with Crippen molar-refractivity contribution in [2.45, 2.75) is 36.4 Å². The SMILES string of the molecule is O=C(c1ccc(C2SCCCS2)cc1)N(Cc1nnc(-c2ccc(Cl)cc2)o1)C1CC1. The number of hydrogen-bond acceptors (Lipinski definition) is 6. The van der Waals surface area contributed by atoms with E-state index in [2.05, 4.69) is 22.3 Å². The van der Waals surface area contributed by atoms with Gasteiger partial charge in [0.1, 0.15) is 0 Å². The topological polar surface area (TPSA) is 59.2 Å². The normalized spacial score (nSPS) is 16.9. The van der Waals surface area contributed by atoms with Gasteiger partial charge in [-0.15, -0.1) is 33.7 Å². The van der Waals surface area contributed by atoms with E-state index in [9.17, 15) is 4.79 Å². The maximum absolute atomic E-state index is 13.2. The van der Waals surface area contributed by atoms with Crippen molar-refractivity contribution in [1.82, 2.24) is 15.1 Å². The van der Waals surface area contributed by atoms with Gasteiger partial charge in [-0.2, -0.15) is 0 Å². The minimum atomic E-state index is 0.0178. The first-order valence-corrected chi connectivity index (χ1v) is 12.9. The smallest absolute Gasteiger partial charge is 0.254 e. The molecule has 160 valence electrons. The third-order valence-electron chi connectivity index (χ3n) is 5.37. The van der Waals surface area contributed by atoms with Crippen molar-refractivity contribution in [2.75, 3.05) is 11.5 Å². The van der Waals surface area contributed by atoms with Gasteiger partial charge in [0.05, 0.1) is 11.1 Å². The van der Waals surface area contributed by atoms with Crippen molar-refractivity contribution in [3.05, 3.63) is 70.6 Å². The van der Waals surface area contributed by atoms with Gasteiger partial charge in [0.15, 0.2) is 0 Å². The molecule has 3 aromatic rings. The van der Waals surface area contributed by atoms with Crippen LogP contribution >= 0.6 is 35.1 Å². The molecule has 1 aliphatic carbocycles. The number of thioether (sulfide) groups is 2. The highest BCUT2D eigenvalue weighted by Crippen LogP contribution is 2.43. The van der Waals surface area contributed by atoms with E-state index >= 15 is 0 Å². The van der Waals surface area contributed by atoms with Crippen molar-refractivity contribution in [3.63, 3.8) is 0 Å². The van der Waals surface area contributed by atoms with Gasteiger partial charge in [0, 0.05) is 22.2 Å². The van der Waals surface area contributed by atoms with Gasteiger partial charge >= 0.3 is 0 Å². The van der Waals surface area contributed by atoms with Crippen LogP contribution in [0.5, 0.6) is 0 Å². The number of aromatic nitrogens is 2. The Bertz CT molecular complexity index is 1050. The Labute approximate surface area is 194 Å². The van der Waals surface area contributed by atoms with E-state index in [1.807, 2.05) is 52.7 Å². The Morgan fingerprint density at radius 2 is 1.74 bits per heavy atom. The third-order valence-corrected chi connectivity index (χ3v) is 8.64. The van der Waals surface area contributed by atoms with Crippen LogP contribution in [-0.2, 0) is 6.54 Å². The summed E-state index contributed by atoms with van der Waals surface area (Å²) in [4.78, 5) is 15.1. The zero-order chi connectivity index (χ0) is 21.2. The molecule has 0 N–H and O–H groups in total. The number of carbonyl (C=O) groups is 1. The molecule has 2 aromatic carbocycles. The predicted molar refractivity (Wildman–Crippen MR) is 126 cm³/mol. The first kappa shape index (κ1) is 20.9. The van der Waals surface area contributed by atoms with Crippen LogP contribution in [0.3, 0.4) is 0 Å². The molecule has 0 unspecified atom stereocenters.